The molecular weight excluding hydrogens is 186 g/mol. The standard InChI is InChI=1S/C9H9NO4/c10-9(13)14-7(8(11)12)6-4-2-1-3-5-6/h1-5,7H,(H2,10,13)(H,11,12). The Labute approximate surface area is 80.1 Å². The SMILES string of the molecule is NC(=O)OC(C(=O)O)c1ccccc1. The molecule has 1 aromatic rings. The maximum atomic E-state index is 10.7. The number of benzene rings is 1. The van der Waals surface area contributed by atoms with Gasteiger partial charge in [0, 0.05) is 5.56 Å². The molecule has 0 aliphatic carbocycles. The number of hydrogen-bond acceptors (Lipinski definition) is 3. The van der Waals surface area contributed by atoms with Crippen LogP contribution in [0, 0.1) is 0 Å². The first kappa shape index (κ1) is 10.0. The minimum Gasteiger partial charge on any atom is -0.478 e. The number of carbonyl (C=O) groups excluding carboxylic acids is 1. The third-order valence-corrected chi connectivity index (χ3v) is 1.56. The lowest BCUT2D eigenvalue weighted by atomic mass is 10.1. The zero-order chi connectivity index (χ0) is 10.6. The molecule has 3 N–H and O–H groups in total. The van der Waals surface area contributed by atoms with E-state index in [1.807, 2.05) is 0 Å². The minimum atomic E-state index is -1.34. The Hall–Kier alpha value is -2.04. The molecule has 5 nitrogen and oxygen atoms in total. The molecule has 0 spiro atoms. The number of carboxylic acids is 1. The highest BCUT2D eigenvalue weighted by atomic mass is 16.6. The average Bonchev–Trinajstić information content (AvgIpc) is 2.15. The van der Waals surface area contributed by atoms with Crippen LogP contribution < -0.4 is 5.73 Å². The molecule has 1 rings (SSSR count). The predicted molar refractivity (Wildman–Crippen MR) is 47.5 cm³/mol. The molecule has 0 aromatic heterocycles. The Morgan fingerprint density at radius 2 is 1.86 bits per heavy atom. The maximum absolute atomic E-state index is 10.7. The molecule has 14 heavy (non-hydrogen) atoms. The van der Waals surface area contributed by atoms with Crippen LogP contribution in [0.3, 0.4) is 0 Å². The second-order valence-corrected chi connectivity index (χ2v) is 2.57. The van der Waals surface area contributed by atoms with Gasteiger partial charge in [-0.2, -0.15) is 0 Å². The first-order valence-corrected chi connectivity index (χ1v) is 3.85. The van der Waals surface area contributed by atoms with Gasteiger partial charge in [-0.1, -0.05) is 30.3 Å². The number of nitrogens with two attached hydrogens (primary N) is 1. The van der Waals surface area contributed by atoms with E-state index in [9.17, 15) is 9.59 Å². The van der Waals surface area contributed by atoms with Crippen LogP contribution in [0.25, 0.3) is 0 Å². The summed E-state index contributed by atoms with van der Waals surface area (Å²) in [7, 11) is 0. The third-order valence-electron chi connectivity index (χ3n) is 1.56. The molecule has 74 valence electrons. The predicted octanol–water partition coefficient (Wildman–Crippen LogP) is 0.908. The molecule has 1 aromatic carbocycles. The van der Waals surface area contributed by atoms with Gasteiger partial charge < -0.3 is 15.6 Å². The summed E-state index contributed by atoms with van der Waals surface area (Å²) in [5.74, 6) is -1.25. The Bertz CT molecular complexity index is 336. The topological polar surface area (TPSA) is 89.6 Å². The number of carboxylic acid groups (broad SMARTS) is 1. The largest absolute Gasteiger partial charge is 0.478 e. The second-order valence-electron chi connectivity index (χ2n) is 2.57. The molecule has 0 saturated carbocycles. The van der Waals surface area contributed by atoms with Crippen LogP contribution in [0.1, 0.15) is 11.7 Å². The van der Waals surface area contributed by atoms with Crippen LogP contribution in [0.2, 0.25) is 0 Å². The van der Waals surface area contributed by atoms with E-state index in [-0.39, 0.29) is 0 Å². The van der Waals surface area contributed by atoms with Gasteiger partial charge in [-0.05, 0) is 0 Å². The first-order valence-electron chi connectivity index (χ1n) is 3.85. The first-order chi connectivity index (χ1) is 6.61. The second kappa shape index (κ2) is 4.27. The monoisotopic (exact) mass is 195 g/mol. The van der Waals surface area contributed by atoms with Crippen molar-refractivity contribution >= 4 is 12.1 Å². The summed E-state index contributed by atoms with van der Waals surface area (Å²) in [5.41, 5.74) is 5.12. The van der Waals surface area contributed by atoms with Gasteiger partial charge in [0.15, 0.2) is 0 Å². The molecule has 0 radical (unpaired) electrons. The Kier molecular flexibility index (Phi) is 3.06. The van der Waals surface area contributed by atoms with Crippen LogP contribution in [-0.4, -0.2) is 17.2 Å². The molecule has 1 amide bonds. The molecule has 0 bridgehead atoms. The minimum absolute atomic E-state index is 0.374. The van der Waals surface area contributed by atoms with E-state index in [2.05, 4.69) is 4.74 Å². The summed E-state index contributed by atoms with van der Waals surface area (Å²) in [6, 6.07) is 8.11. The lowest BCUT2D eigenvalue weighted by Gasteiger charge is -2.11. The third kappa shape index (κ3) is 2.48. The maximum Gasteiger partial charge on any atom is 0.405 e. The average molecular weight is 195 g/mol. The van der Waals surface area contributed by atoms with E-state index in [1.165, 1.54) is 0 Å². The van der Waals surface area contributed by atoms with Gasteiger partial charge in [0.1, 0.15) is 0 Å². The molecular formula is C9H9NO4. The van der Waals surface area contributed by atoms with Crippen molar-refractivity contribution < 1.29 is 19.4 Å². The highest BCUT2D eigenvalue weighted by Crippen LogP contribution is 2.16. The van der Waals surface area contributed by atoms with E-state index in [0.717, 1.165) is 0 Å². The number of primary amides is 1. The zero-order valence-corrected chi connectivity index (χ0v) is 7.21. The van der Waals surface area contributed by atoms with Crippen LogP contribution >= 0.6 is 0 Å². The highest BCUT2D eigenvalue weighted by Gasteiger charge is 2.22. The quantitative estimate of drug-likeness (QED) is 0.749. The number of carbonyl (C=O) groups is 2. The van der Waals surface area contributed by atoms with Crippen molar-refractivity contribution in [2.45, 2.75) is 6.10 Å². The van der Waals surface area contributed by atoms with Crippen molar-refractivity contribution in [3.63, 3.8) is 0 Å². The molecule has 0 saturated heterocycles. The van der Waals surface area contributed by atoms with Gasteiger partial charge in [0.2, 0.25) is 6.10 Å². The van der Waals surface area contributed by atoms with Gasteiger partial charge >= 0.3 is 12.1 Å². The molecule has 1 atom stereocenters. The molecule has 0 aliphatic heterocycles. The van der Waals surface area contributed by atoms with Gasteiger partial charge in [-0.15, -0.1) is 0 Å². The fourth-order valence-electron chi connectivity index (χ4n) is 1.01. The smallest absolute Gasteiger partial charge is 0.405 e. The van der Waals surface area contributed by atoms with Crippen molar-refractivity contribution in [2.24, 2.45) is 5.73 Å². The van der Waals surface area contributed by atoms with E-state index >= 15 is 0 Å². The molecule has 0 aliphatic rings. The van der Waals surface area contributed by atoms with Crippen molar-refractivity contribution in [3.8, 4) is 0 Å². The summed E-state index contributed by atoms with van der Waals surface area (Å²) in [6.45, 7) is 0. The molecule has 1 unspecified atom stereocenters. The molecule has 0 heterocycles. The van der Waals surface area contributed by atoms with E-state index in [1.54, 1.807) is 30.3 Å². The fourth-order valence-corrected chi connectivity index (χ4v) is 1.01. The van der Waals surface area contributed by atoms with Crippen LogP contribution in [0.4, 0.5) is 4.79 Å². The van der Waals surface area contributed by atoms with Gasteiger partial charge in [-0.3, -0.25) is 0 Å². The summed E-state index contributed by atoms with van der Waals surface area (Å²) >= 11 is 0. The van der Waals surface area contributed by atoms with Crippen LogP contribution in [0.5, 0.6) is 0 Å². The summed E-state index contributed by atoms with van der Waals surface area (Å²) in [5, 5.41) is 8.74. The van der Waals surface area contributed by atoms with E-state index < -0.39 is 18.2 Å². The normalized spacial score (nSPS) is 11.7. The summed E-state index contributed by atoms with van der Waals surface area (Å²) in [4.78, 5) is 21.1. The summed E-state index contributed by atoms with van der Waals surface area (Å²) < 4.78 is 4.44. The lowest BCUT2D eigenvalue weighted by Crippen LogP contribution is -2.23. The Morgan fingerprint density at radius 1 is 1.29 bits per heavy atom. The van der Waals surface area contributed by atoms with E-state index in [4.69, 9.17) is 10.8 Å². The Balaban J connectivity index is 2.89. The van der Waals surface area contributed by atoms with Crippen LogP contribution in [-0.2, 0) is 9.53 Å². The van der Waals surface area contributed by atoms with Crippen LogP contribution in [0.15, 0.2) is 30.3 Å². The molecule has 5 heteroatoms. The summed E-state index contributed by atoms with van der Waals surface area (Å²) in [6.07, 6.45) is -2.45. The zero-order valence-electron chi connectivity index (χ0n) is 7.21. The van der Waals surface area contributed by atoms with E-state index in [0.29, 0.717) is 5.56 Å². The van der Waals surface area contributed by atoms with Gasteiger partial charge in [0.05, 0.1) is 0 Å². The number of amides is 1. The highest BCUT2D eigenvalue weighted by molar-refractivity contribution is 5.78. The number of ether oxygens (including phenoxy) is 1. The Morgan fingerprint density at radius 3 is 2.29 bits per heavy atom. The van der Waals surface area contributed by atoms with Crippen molar-refractivity contribution in [3.05, 3.63) is 35.9 Å². The number of aliphatic carboxylic acids is 1. The molecule has 0 fully saturated rings. The van der Waals surface area contributed by atoms with Crippen molar-refractivity contribution in [1.82, 2.24) is 0 Å². The number of hydrogen-bond donors (Lipinski definition) is 2. The van der Waals surface area contributed by atoms with Gasteiger partial charge in [0.25, 0.3) is 0 Å². The number of rotatable bonds is 3. The van der Waals surface area contributed by atoms with Crippen molar-refractivity contribution in [2.75, 3.05) is 0 Å². The lowest BCUT2D eigenvalue weighted by molar-refractivity contribution is -0.147. The fraction of sp³-hybridized carbons (Fsp3) is 0.111. The van der Waals surface area contributed by atoms with Gasteiger partial charge in [-0.25, -0.2) is 9.59 Å². The van der Waals surface area contributed by atoms with Crippen molar-refractivity contribution in [1.29, 1.82) is 0 Å².